The Morgan fingerprint density at radius 3 is 2.87 bits per heavy atom. The van der Waals surface area contributed by atoms with Gasteiger partial charge in [-0.25, -0.2) is 12.7 Å². The van der Waals surface area contributed by atoms with Gasteiger partial charge in [0.1, 0.15) is 0 Å². The van der Waals surface area contributed by atoms with Crippen LogP contribution in [0.1, 0.15) is 6.42 Å². The first kappa shape index (κ1) is 16.8. The van der Waals surface area contributed by atoms with Gasteiger partial charge in [-0.2, -0.15) is 0 Å². The summed E-state index contributed by atoms with van der Waals surface area (Å²) in [6.45, 7) is 1.14. The second-order valence-electron chi connectivity index (χ2n) is 5.44. The van der Waals surface area contributed by atoms with Crippen molar-refractivity contribution >= 4 is 33.4 Å². The fraction of sp³-hybridized carbons (Fsp3) is 0.429. The van der Waals surface area contributed by atoms with Crippen LogP contribution in [0.25, 0.3) is 11.5 Å². The Morgan fingerprint density at radius 1 is 1.39 bits per heavy atom. The van der Waals surface area contributed by atoms with Crippen LogP contribution in [-0.4, -0.2) is 48.0 Å². The zero-order valence-corrected chi connectivity index (χ0v) is 14.9. The molecule has 0 bridgehead atoms. The van der Waals surface area contributed by atoms with Crippen LogP contribution in [0.4, 0.5) is 0 Å². The summed E-state index contributed by atoms with van der Waals surface area (Å²) in [6, 6.07) is 7.29. The second kappa shape index (κ2) is 6.80. The predicted molar refractivity (Wildman–Crippen MR) is 90.0 cm³/mol. The number of rotatable bonds is 5. The molecule has 124 valence electrons. The molecule has 6 nitrogen and oxygen atoms in total. The third kappa shape index (κ3) is 4.06. The number of sulfonamides is 1. The molecule has 0 saturated carbocycles. The summed E-state index contributed by atoms with van der Waals surface area (Å²) in [5.74, 6) is 1.43. The molecule has 0 amide bonds. The Morgan fingerprint density at radius 2 is 2.17 bits per heavy atom. The average Bonchev–Trinajstić information content (AvgIpc) is 3.14. The van der Waals surface area contributed by atoms with E-state index in [-0.39, 0.29) is 0 Å². The lowest BCUT2D eigenvalue weighted by atomic mass is 10.2. The second-order valence-corrected chi connectivity index (χ2v) is 8.80. The van der Waals surface area contributed by atoms with Gasteiger partial charge in [0, 0.05) is 18.8 Å². The van der Waals surface area contributed by atoms with E-state index >= 15 is 0 Å². The Kier molecular flexibility index (Phi) is 4.96. The van der Waals surface area contributed by atoms with Gasteiger partial charge in [0.25, 0.3) is 5.22 Å². The molecule has 1 atom stereocenters. The lowest BCUT2D eigenvalue weighted by molar-refractivity contribution is 0.461. The van der Waals surface area contributed by atoms with Crippen molar-refractivity contribution in [3.63, 3.8) is 0 Å². The van der Waals surface area contributed by atoms with Crippen molar-refractivity contribution in [2.45, 2.75) is 11.6 Å². The minimum Gasteiger partial charge on any atom is -0.411 e. The number of hydrogen-bond acceptors (Lipinski definition) is 6. The van der Waals surface area contributed by atoms with Gasteiger partial charge in [0.05, 0.1) is 16.8 Å². The Labute approximate surface area is 144 Å². The van der Waals surface area contributed by atoms with Crippen molar-refractivity contribution < 1.29 is 12.8 Å². The van der Waals surface area contributed by atoms with Crippen LogP contribution in [0.15, 0.2) is 33.9 Å². The summed E-state index contributed by atoms with van der Waals surface area (Å²) in [5, 5.41) is 9.07. The van der Waals surface area contributed by atoms with E-state index < -0.39 is 10.0 Å². The summed E-state index contributed by atoms with van der Waals surface area (Å²) in [4.78, 5) is 0. The molecule has 3 rings (SSSR count). The van der Waals surface area contributed by atoms with E-state index in [1.807, 2.05) is 18.2 Å². The van der Waals surface area contributed by atoms with E-state index in [4.69, 9.17) is 16.0 Å². The normalized spacial score (nSPS) is 19.3. The SMILES string of the molecule is CS(=O)(=O)N1CC[C@H](CSc2nnc(-c3ccccc3Cl)o2)C1. The van der Waals surface area contributed by atoms with Crippen molar-refractivity contribution in [2.24, 2.45) is 5.92 Å². The van der Waals surface area contributed by atoms with Crippen molar-refractivity contribution in [1.82, 2.24) is 14.5 Å². The zero-order chi connectivity index (χ0) is 16.4. The highest BCUT2D eigenvalue weighted by Crippen LogP contribution is 2.30. The fourth-order valence-electron chi connectivity index (χ4n) is 2.44. The molecule has 0 aliphatic carbocycles. The number of thioether (sulfide) groups is 1. The molecule has 9 heteroatoms. The molecule has 23 heavy (non-hydrogen) atoms. The van der Waals surface area contributed by atoms with Gasteiger partial charge < -0.3 is 4.42 Å². The Hall–Kier alpha value is -1.09. The van der Waals surface area contributed by atoms with Crippen LogP contribution in [0.5, 0.6) is 0 Å². The van der Waals surface area contributed by atoms with E-state index in [9.17, 15) is 8.42 Å². The summed E-state index contributed by atoms with van der Waals surface area (Å²) in [7, 11) is -3.10. The molecule has 1 aliphatic rings. The highest BCUT2D eigenvalue weighted by atomic mass is 35.5. The highest BCUT2D eigenvalue weighted by molar-refractivity contribution is 7.99. The third-order valence-electron chi connectivity index (χ3n) is 3.67. The standard InChI is InChI=1S/C14H16ClN3O3S2/c1-23(19,20)18-7-6-10(8-18)9-22-14-17-16-13(21-14)11-4-2-3-5-12(11)15/h2-5,10H,6-9H2,1H3/t10-/m0/s1. The van der Waals surface area contributed by atoms with E-state index in [2.05, 4.69) is 10.2 Å². The smallest absolute Gasteiger partial charge is 0.276 e. The highest BCUT2D eigenvalue weighted by Gasteiger charge is 2.28. The van der Waals surface area contributed by atoms with E-state index in [1.54, 1.807) is 6.07 Å². The van der Waals surface area contributed by atoms with Crippen molar-refractivity contribution in [3.8, 4) is 11.5 Å². The first-order valence-corrected chi connectivity index (χ1v) is 10.3. The lowest BCUT2D eigenvalue weighted by Gasteiger charge is -2.12. The number of nitrogens with zero attached hydrogens (tertiary/aromatic N) is 3. The van der Waals surface area contributed by atoms with Gasteiger partial charge in [0.2, 0.25) is 15.9 Å². The van der Waals surface area contributed by atoms with E-state index in [0.717, 1.165) is 12.2 Å². The van der Waals surface area contributed by atoms with Crippen molar-refractivity contribution in [1.29, 1.82) is 0 Å². The number of benzene rings is 1. The Balaban J connectivity index is 1.60. The zero-order valence-electron chi connectivity index (χ0n) is 12.5. The number of aromatic nitrogens is 2. The first-order valence-electron chi connectivity index (χ1n) is 7.10. The van der Waals surface area contributed by atoms with Gasteiger partial charge in [-0.3, -0.25) is 0 Å². The topological polar surface area (TPSA) is 76.3 Å². The lowest BCUT2D eigenvalue weighted by Crippen LogP contribution is -2.27. The van der Waals surface area contributed by atoms with Gasteiger partial charge in [-0.15, -0.1) is 10.2 Å². The molecular formula is C14H16ClN3O3S2. The third-order valence-corrected chi connectivity index (χ3v) is 6.32. The van der Waals surface area contributed by atoms with Crippen molar-refractivity contribution in [3.05, 3.63) is 29.3 Å². The maximum absolute atomic E-state index is 11.5. The largest absolute Gasteiger partial charge is 0.411 e. The number of hydrogen-bond donors (Lipinski definition) is 0. The molecule has 0 N–H and O–H groups in total. The van der Waals surface area contributed by atoms with Crippen LogP contribution < -0.4 is 0 Å². The molecule has 2 heterocycles. The molecule has 1 fully saturated rings. The molecule has 2 aromatic rings. The average molecular weight is 374 g/mol. The predicted octanol–water partition coefficient (Wildman–Crippen LogP) is 2.76. The van der Waals surface area contributed by atoms with E-state index in [0.29, 0.717) is 40.7 Å². The van der Waals surface area contributed by atoms with Gasteiger partial charge >= 0.3 is 0 Å². The minimum atomic E-state index is -3.10. The molecule has 1 saturated heterocycles. The van der Waals surface area contributed by atoms with Crippen LogP contribution in [0.3, 0.4) is 0 Å². The maximum atomic E-state index is 11.5. The fourth-order valence-corrected chi connectivity index (χ4v) is 4.46. The van der Waals surface area contributed by atoms with Crippen molar-refractivity contribution in [2.75, 3.05) is 25.1 Å². The van der Waals surface area contributed by atoms with Crippen LogP contribution in [0.2, 0.25) is 5.02 Å². The quantitative estimate of drug-likeness (QED) is 0.750. The first-order chi connectivity index (χ1) is 10.9. The van der Waals surface area contributed by atoms with Crippen LogP contribution >= 0.6 is 23.4 Å². The molecule has 1 aromatic heterocycles. The summed E-state index contributed by atoms with van der Waals surface area (Å²) in [5.41, 5.74) is 0.706. The molecule has 0 unspecified atom stereocenters. The number of halogens is 1. The molecular weight excluding hydrogens is 358 g/mol. The monoisotopic (exact) mass is 373 g/mol. The molecule has 0 radical (unpaired) electrons. The van der Waals surface area contributed by atoms with Gasteiger partial charge in [-0.1, -0.05) is 35.5 Å². The Bertz CT molecular complexity index is 794. The summed E-state index contributed by atoms with van der Waals surface area (Å²) in [6.07, 6.45) is 2.10. The van der Waals surface area contributed by atoms with Gasteiger partial charge in [-0.05, 0) is 24.5 Å². The summed E-state index contributed by atoms with van der Waals surface area (Å²) < 4.78 is 30.2. The minimum absolute atomic E-state index is 0.297. The summed E-state index contributed by atoms with van der Waals surface area (Å²) >= 11 is 7.56. The van der Waals surface area contributed by atoms with Gasteiger partial charge in [0.15, 0.2) is 0 Å². The molecule has 1 aromatic carbocycles. The van der Waals surface area contributed by atoms with Crippen LogP contribution in [-0.2, 0) is 10.0 Å². The van der Waals surface area contributed by atoms with E-state index in [1.165, 1.54) is 22.3 Å². The molecule has 0 spiro atoms. The maximum Gasteiger partial charge on any atom is 0.276 e. The molecule has 1 aliphatic heterocycles. The van der Waals surface area contributed by atoms with Crippen LogP contribution in [0, 0.1) is 5.92 Å².